The molecule has 6 rings (SSSR count). The number of rotatable bonds is 8. The number of esters is 1. The Morgan fingerprint density at radius 1 is 0.804 bits per heavy atom. The van der Waals surface area contributed by atoms with E-state index in [0.29, 0.717) is 36.8 Å². The second kappa shape index (κ2) is 13.4. The van der Waals surface area contributed by atoms with Gasteiger partial charge in [-0.3, -0.25) is 4.79 Å². The van der Waals surface area contributed by atoms with E-state index in [1.165, 1.54) is 0 Å². The van der Waals surface area contributed by atoms with Gasteiger partial charge < -0.3 is 29.2 Å². The van der Waals surface area contributed by atoms with E-state index < -0.39 is 23.3 Å². The Balaban J connectivity index is 1.32. The molecule has 0 unspecified atom stereocenters. The first-order valence-corrected chi connectivity index (χ1v) is 15.8. The quantitative estimate of drug-likeness (QED) is 0.204. The van der Waals surface area contributed by atoms with Gasteiger partial charge in [-0.2, -0.15) is 0 Å². The standard InChI is InChI=1S/C38H40N2O6/c1-37(2,3)46-36(42)31-16-14-29(28-12-8-5-9-13-28)24-33(31)39-35(41)32-25-30(40-20-18-38(19-21-40)44-22-23-45-38)15-17-34(32)43-26-27-10-6-4-7-11-27/h4-17,24-25H,18-23,26H2,1-3H3,(H,39,41). The van der Waals surface area contributed by atoms with Gasteiger partial charge >= 0.3 is 5.97 Å². The Morgan fingerprint density at radius 2 is 1.48 bits per heavy atom. The highest BCUT2D eigenvalue weighted by molar-refractivity contribution is 6.10. The van der Waals surface area contributed by atoms with Gasteiger partial charge in [0.2, 0.25) is 0 Å². The number of hydrogen-bond donors (Lipinski definition) is 1. The summed E-state index contributed by atoms with van der Waals surface area (Å²) >= 11 is 0. The molecular weight excluding hydrogens is 580 g/mol. The zero-order valence-electron chi connectivity index (χ0n) is 26.6. The molecule has 0 aromatic heterocycles. The lowest BCUT2D eigenvalue weighted by atomic mass is 10.0. The van der Waals surface area contributed by atoms with Crippen molar-refractivity contribution < 1.29 is 28.5 Å². The van der Waals surface area contributed by atoms with Gasteiger partial charge in [0.1, 0.15) is 18.0 Å². The summed E-state index contributed by atoms with van der Waals surface area (Å²) in [5, 5.41) is 3.03. The molecule has 2 saturated heterocycles. The van der Waals surface area contributed by atoms with E-state index in [9.17, 15) is 9.59 Å². The largest absolute Gasteiger partial charge is 0.488 e. The Hall–Kier alpha value is -4.66. The van der Waals surface area contributed by atoms with E-state index in [1.807, 2.05) is 112 Å². The van der Waals surface area contributed by atoms with Crippen LogP contribution in [-0.2, 0) is 20.8 Å². The Kier molecular flexibility index (Phi) is 9.10. The van der Waals surface area contributed by atoms with Crippen LogP contribution in [0, 0.1) is 0 Å². The summed E-state index contributed by atoms with van der Waals surface area (Å²) in [5.74, 6) is -0.970. The van der Waals surface area contributed by atoms with Crippen molar-refractivity contribution in [2.45, 2.75) is 51.6 Å². The number of nitrogens with zero attached hydrogens (tertiary/aromatic N) is 1. The maximum Gasteiger partial charge on any atom is 0.340 e. The number of carbonyl (C=O) groups excluding carboxylic acids is 2. The molecule has 2 fully saturated rings. The van der Waals surface area contributed by atoms with Crippen molar-refractivity contribution in [3.05, 3.63) is 114 Å². The average Bonchev–Trinajstić information content (AvgIpc) is 3.51. The predicted octanol–water partition coefficient (Wildman–Crippen LogP) is 7.48. The third kappa shape index (κ3) is 7.41. The van der Waals surface area contributed by atoms with Crippen LogP contribution in [0.2, 0.25) is 0 Å². The van der Waals surface area contributed by atoms with Crippen molar-refractivity contribution >= 4 is 23.3 Å². The highest BCUT2D eigenvalue weighted by Gasteiger charge is 2.40. The molecule has 2 aliphatic rings. The van der Waals surface area contributed by atoms with E-state index in [2.05, 4.69) is 10.2 Å². The minimum absolute atomic E-state index is 0.267. The maximum absolute atomic E-state index is 14.2. The molecule has 1 spiro atoms. The lowest BCUT2D eigenvalue weighted by molar-refractivity contribution is -0.169. The van der Waals surface area contributed by atoms with E-state index in [0.717, 1.165) is 48.3 Å². The van der Waals surface area contributed by atoms with Gasteiger partial charge in [-0.25, -0.2) is 4.79 Å². The number of benzene rings is 4. The fourth-order valence-corrected chi connectivity index (χ4v) is 5.80. The van der Waals surface area contributed by atoms with Crippen LogP contribution in [0.1, 0.15) is 59.9 Å². The van der Waals surface area contributed by atoms with Crippen molar-refractivity contribution in [3.63, 3.8) is 0 Å². The number of ether oxygens (including phenoxy) is 4. The smallest absolute Gasteiger partial charge is 0.340 e. The molecule has 0 aliphatic carbocycles. The van der Waals surface area contributed by atoms with Crippen LogP contribution in [0.3, 0.4) is 0 Å². The molecule has 1 amide bonds. The third-order valence-electron chi connectivity index (χ3n) is 8.14. The van der Waals surface area contributed by atoms with Gasteiger partial charge in [-0.05, 0) is 67.8 Å². The number of piperidine rings is 1. The topological polar surface area (TPSA) is 86.3 Å². The fraction of sp³-hybridized carbons (Fsp3) is 0.316. The van der Waals surface area contributed by atoms with E-state index in [-0.39, 0.29) is 5.56 Å². The fourth-order valence-electron chi connectivity index (χ4n) is 5.80. The van der Waals surface area contributed by atoms with Crippen molar-refractivity contribution in [2.75, 3.05) is 36.5 Å². The van der Waals surface area contributed by atoms with Gasteiger partial charge in [-0.15, -0.1) is 0 Å². The molecule has 2 aliphatic heterocycles. The Bertz CT molecular complexity index is 1670. The molecule has 8 heteroatoms. The van der Waals surface area contributed by atoms with Crippen LogP contribution in [0.15, 0.2) is 97.1 Å². The summed E-state index contributed by atoms with van der Waals surface area (Å²) in [7, 11) is 0. The monoisotopic (exact) mass is 620 g/mol. The highest BCUT2D eigenvalue weighted by Crippen LogP contribution is 2.35. The van der Waals surface area contributed by atoms with E-state index >= 15 is 0 Å². The molecule has 4 aromatic rings. The molecule has 4 aromatic carbocycles. The van der Waals surface area contributed by atoms with Crippen LogP contribution in [0.4, 0.5) is 11.4 Å². The first-order valence-electron chi connectivity index (χ1n) is 15.8. The number of hydrogen-bond acceptors (Lipinski definition) is 7. The summed E-state index contributed by atoms with van der Waals surface area (Å²) < 4.78 is 23.8. The van der Waals surface area contributed by atoms with Crippen LogP contribution < -0.4 is 15.0 Å². The molecule has 0 atom stereocenters. The second-order valence-electron chi connectivity index (χ2n) is 12.6. The van der Waals surface area contributed by atoms with Gasteiger partial charge in [0.05, 0.1) is 30.0 Å². The SMILES string of the molecule is CC(C)(C)OC(=O)c1ccc(-c2ccccc2)cc1NC(=O)c1cc(N2CCC3(CC2)OCCO3)ccc1OCc1ccccc1. The van der Waals surface area contributed by atoms with Gasteiger partial charge in [0.15, 0.2) is 5.79 Å². The molecular formula is C38H40N2O6. The maximum atomic E-state index is 14.2. The van der Waals surface area contributed by atoms with Crippen LogP contribution in [0.25, 0.3) is 11.1 Å². The van der Waals surface area contributed by atoms with E-state index in [1.54, 1.807) is 6.07 Å². The molecule has 238 valence electrons. The van der Waals surface area contributed by atoms with Crippen LogP contribution in [0.5, 0.6) is 5.75 Å². The zero-order chi connectivity index (χ0) is 32.1. The second-order valence-corrected chi connectivity index (χ2v) is 12.6. The number of carbonyl (C=O) groups is 2. The number of nitrogens with one attached hydrogen (secondary N) is 1. The molecule has 46 heavy (non-hydrogen) atoms. The normalized spacial score (nSPS) is 15.8. The Morgan fingerprint density at radius 3 is 2.15 bits per heavy atom. The summed E-state index contributed by atoms with van der Waals surface area (Å²) in [4.78, 5) is 29.7. The van der Waals surface area contributed by atoms with E-state index in [4.69, 9.17) is 18.9 Å². The lowest BCUT2D eigenvalue weighted by Crippen LogP contribution is -2.45. The first-order chi connectivity index (χ1) is 22.2. The Labute approximate surface area is 270 Å². The lowest BCUT2D eigenvalue weighted by Gasteiger charge is -2.38. The summed E-state index contributed by atoms with van der Waals surface area (Å²) in [6, 6.07) is 30.7. The van der Waals surface area contributed by atoms with Crippen LogP contribution in [-0.4, -0.2) is 49.6 Å². The summed E-state index contributed by atoms with van der Waals surface area (Å²) in [5.41, 5.74) is 3.98. The molecule has 0 bridgehead atoms. The summed E-state index contributed by atoms with van der Waals surface area (Å²) in [6.07, 6.45) is 1.48. The number of amides is 1. The molecule has 0 saturated carbocycles. The van der Waals surface area contributed by atoms with Crippen LogP contribution >= 0.6 is 0 Å². The van der Waals surface area contributed by atoms with Gasteiger partial charge in [0.25, 0.3) is 5.91 Å². The van der Waals surface area contributed by atoms with Crippen molar-refractivity contribution in [1.29, 1.82) is 0 Å². The van der Waals surface area contributed by atoms with Gasteiger partial charge in [-0.1, -0.05) is 66.7 Å². The molecule has 2 heterocycles. The summed E-state index contributed by atoms with van der Waals surface area (Å²) in [6.45, 7) is 8.45. The molecule has 1 N–H and O–H groups in total. The third-order valence-corrected chi connectivity index (χ3v) is 8.14. The minimum atomic E-state index is -0.704. The zero-order valence-corrected chi connectivity index (χ0v) is 26.6. The van der Waals surface area contributed by atoms with Gasteiger partial charge in [0, 0.05) is 31.6 Å². The average molecular weight is 621 g/mol. The minimum Gasteiger partial charge on any atom is -0.488 e. The highest BCUT2D eigenvalue weighted by atomic mass is 16.7. The van der Waals surface area contributed by atoms with Crippen molar-refractivity contribution in [1.82, 2.24) is 0 Å². The first kappa shape index (κ1) is 31.3. The predicted molar refractivity (Wildman–Crippen MR) is 178 cm³/mol. The molecule has 0 radical (unpaired) electrons. The number of anilines is 2. The molecule has 8 nitrogen and oxygen atoms in total. The van der Waals surface area contributed by atoms with Crippen molar-refractivity contribution in [3.8, 4) is 16.9 Å². The van der Waals surface area contributed by atoms with Crippen molar-refractivity contribution in [2.24, 2.45) is 0 Å².